The first-order valence-corrected chi connectivity index (χ1v) is 5.77. The summed E-state index contributed by atoms with van der Waals surface area (Å²) in [4.78, 5) is 11.2. The number of halogens is 2. The van der Waals surface area contributed by atoms with Crippen molar-refractivity contribution in [3.63, 3.8) is 0 Å². The largest absolute Gasteiger partial charge is 1.00 e. The molecule has 0 N–H and O–H groups in total. The molecule has 88 valence electrons. The van der Waals surface area contributed by atoms with Gasteiger partial charge in [-0.3, -0.25) is 4.79 Å². The molecule has 2 aromatic rings. The van der Waals surface area contributed by atoms with Gasteiger partial charge in [-0.25, -0.2) is 0 Å². The van der Waals surface area contributed by atoms with E-state index < -0.39 is 0 Å². The molecule has 1 heterocycles. The molecular formula is C13H11Br2NO. The molecule has 0 aliphatic heterocycles. The Morgan fingerprint density at radius 1 is 1.06 bits per heavy atom. The summed E-state index contributed by atoms with van der Waals surface area (Å²) in [7, 11) is 0. The molecule has 0 radical (unpaired) electrons. The molecule has 2 rings (SSSR count). The molecule has 0 aliphatic rings. The monoisotopic (exact) mass is 355 g/mol. The number of benzene rings is 1. The number of rotatable bonds is 3. The lowest BCUT2D eigenvalue weighted by molar-refractivity contribution is -0.698. The van der Waals surface area contributed by atoms with Crippen LogP contribution in [0.3, 0.4) is 0 Å². The van der Waals surface area contributed by atoms with Crippen molar-refractivity contribution in [1.29, 1.82) is 0 Å². The summed E-state index contributed by atoms with van der Waals surface area (Å²) in [5.41, 5.74) is 0.981. The lowest BCUT2D eigenvalue weighted by atomic mass is 10.1. The van der Waals surface area contributed by atoms with Crippen LogP contribution in [0.4, 0.5) is 0 Å². The number of carbonyl (C=O) groups is 1. The van der Waals surface area contributed by atoms with Crippen molar-refractivity contribution >= 4 is 22.2 Å². The predicted molar refractivity (Wildman–Crippen MR) is 65.0 cm³/mol. The number of aromatic nitrogens is 1. The molecule has 0 saturated heterocycles. The Bertz CT molecular complexity index is 471. The smallest absolute Gasteiger partial charge is 0.238 e. The minimum atomic E-state index is -0.255. The van der Waals surface area contributed by atoms with Gasteiger partial charge in [0.2, 0.25) is 6.04 Å². The maximum absolute atomic E-state index is 11.2. The summed E-state index contributed by atoms with van der Waals surface area (Å²) < 4.78 is 2.90. The normalized spacial score (nSPS) is 11.4. The quantitative estimate of drug-likeness (QED) is 0.538. The average Bonchev–Trinajstić information content (AvgIpc) is 2.34. The van der Waals surface area contributed by atoms with E-state index in [2.05, 4.69) is 15.9 Å². The Kier molecular flexibility index (Phi) is 5.51. The predicted octanol–water partition coefficient (Wildman–Crippen LogP) is -0.471. The highest BCUT2D eigenvalue weighted by Gasteiger charge is 2.18. The van der Waals surface area contributed by atoms with Crippen LogP contribution in [0.1, 0.15) is 11.6 Å². The molecule has 1 aromatic heterocycles. The van der Waals surface area contributed by atoms with Crippen molar-refractivity contribution in [2.45, 2.75) is 6.04 Å². The molecule has 0 amide bonds. The van der Waals surface area contributed by atoms with E-state index in [4.69, 9.17) is 0 Å². The van der Waals surface area contributed by atoms with Gasteiger partial charge in [-0.1, -0.05) is 34.1 Å². The third-order valence-electron chi connectivity index (χ3n) is 2.40. The first-order valence-electron chi connectivity index (χ1n) is 4.98. The second kappa shape index (κ2) is 6.67. The Morgan fingerprint density at radius 2 is 1.65 bits per heavy atom. The Balaban J connectivity index is 0.00000144. The highest BCUT2D eigenvalue weighted by atomic mass is 79.9. The number of carbonyl (C=O) groups excluding carboxylic acids is 1. The van der Waals surface area contributed by atoms with Crippen LogP contribution in [0, 0.1) is 0 Å². The Labute approximate surface area is 119 Å². The third kappa shape index (κ3) is 3.48. The van der Waals surface area contributed by atoms with Crippen LogP contribution in [-0.4, -0.2) is 6.29 Å². The van der Waals surface area contributed by atoms with Gasteiger partial charge in [0.15, 0.2) is 18.7 Å². The minimum absolute atomic E-state index is 0. The van der Waals surface area contributed by atoms with Gasteiger partial charge >= 0.3 is 0 Å². The van der Waals surface area contributed by atoms with Crippen LogP contribution in [0.5, 0.6) is 0 Å². The SMILES string of the molecule is O=CC(c1ccc(Br)cc1)[n+]1ccccc1.[Br-]. The van der Waals surface area contributed by atoms with Gasteiger partial charge in [0.1, 0.15) is 0 Å². The van der Waals surface area contributed by atoms with E-state index in [0.29, 0.717) is 0 Å². The lowest BCUT2D eigenvalue weighted by Crippen LogP contribution is -3.00. The van der Waals surface area contributed by atoms with E-state index in [1.54, 1.807) is 0 Å². The number of nitrogens with zero attached hydrogens (tertiary/aromatic N) is 1. The van der Waals surface area contributed by atoms with E-state index in [0.717, 1.165) is 16.3 Å². The second-order valence-corrected chi connectivity index (χ2v) is 4.37. The second-order valence-electron chi connectivity index (χ2n) is 3.46. The summed E-state index contributed by atoms with van der Waals surface area (Å²) in [6.07, 6.45) is 4.73. The molecule has 0 saturated carbocycles. The van der Waals surface area contributed by atoms with E-state index in [9.17, 15) is 4.79 Å². The summed E-state index contributed by atoms with van der Waals surface area (Å²) in [6.45, 7) is 0. The van der Waals surface area contributed by atoms with Crippen molar-refractivity contribution < 1.29 is 26.3 Å². The van der Waals surface area contributed by atoms with Crippen LogP contribution in [0.25, 0.3) is 0 Å². The highest BCUT2D eigenvalue weighted by Crippen LogP contribution is 2.15. The fourth-order valence-corrected chi connectivity index (χ4v) is 1.84. The van der Waals surface area contributed by atoms with E-state index in [-0.39, 0.29) is 23.0 Å². The van der Waals surface area contributed by atoms with Crippen molar-refractivity contribution in [2.24, 2.45) is 0 Å². The number of aldehydes is 1. The minimum Gasteiger partial charge on any atom is -1.00 e. The highest BCUT2D eigenvalue weighted by molar-refractivity contribution is 9.10. The van der Waals surface area contributed by atoms with Crippen molar-refractivity contribution in [3.8, 4) is 0 Å². The molecule has 1 atom stereocenters. The third-order valence-corrected chi connectivity index (χ3v) is 2.93. The number of hydrogen-bond acceptors (Lipinski definition) is 1. The summed E-state index contributed by atoms with van der Waals surface area (Å²) in [6, 6.07) is 13.3. The van der Waals surface area contributed by atoms with Crippen LogP contribution >= 0.6 is 15.9 Å². The zero-order chi connectivity index (χ0) is 11.4. The van der Waals surface area contributed by atoms with Crippen molar-refractivity contribution in [1.82, 2.24) is 0 Å². The molecule has 4 heteroatoms. The fraction of sp³-hybridized carbons (Fsp3) is 0.0769. The standard InChI is InChI=1S/C13H11BrNO.BrH/c14-12-6-4-11(5-7-12)13(10-16)15-8-2-1-3-9-15;/h1-10,13H;1H/q+1;/p-1. The molecule has 0 bridgehead atoms. The molecular weight excluding hydrogens is 346 g/mol. The lowest BCUT2D eigenvalue weighted by Gasteiger charge is -2.05. The summed E-state index contributed by atoms with van der Waals surface area (Å²) in [5, 5.41) is 0. The summed E-state index contributed by atoms with van der Waals surface area (Å²) in [5.74, 6) is 0. The molecule has 1 unspecified atom stereocenters. The van der Waals surface area contributed by atoms with Crippen LogP contribution < -0.4 is 21.5 Å². The van der Waals surface area contributed by atoms with E-state index in [1.165, 1.54) is 0 Å². The summed E-state index contributed by atoms with van der Waals surface area (Å²) >= 11 is 3.38. The zero-order valence-corrected chi connectivity index (χ0v) is 12.1. The van der Waals surface area contributed by atoms with Crippen molar-refractivity contribution in [2.75, 3.05) is 0 Å². The molecule has 1 aromatic carbocycles. The van der Waals surface area contributed by atoms with E-state index >= 15 is 0 Å². The first-order chi connectivity index (χ1) is 7.81. The first kappa shape index (κ1) is 14.1. The molecule has 2 nitrogen and oxygen atoms in total. The molecule has 17 heavy (non-hydrogen) atoms. The Morgan fingerprint density at radius 3 is 2.18 bits per heavy atom. The van der Waals surface area contributed by atoms with E-state index in [1.807, 2.05) is 59.4 Å². The van der Waals surface area contributed by atoms with Crippen LogP contribution in [-0.2, 0) is 4.79 Å². The van der Waals surface area contributed by atoms with Gasteiger partial charge in [0.25, 0.3) is 0 Å². The van der Waals surface area contributed by atoms with Gasteiger partial charge in [-0.15, -0.1) is 0 Å². The van der Waals surface area contributed by atoms with Gasteiger partial charge in [0, 0.05) is 22.2 Å². The number of hydrogen-bond donors (Lipinski definition) is 0. The van der Waals surface area contributed by atoms with Crippen LogP contribution in [0.15, 0.2) is 59.3 Å². The van der Waals surface area contributed by atoms with Crippen molar-refractivity contribution in [3.05, 3.63) is 64.9 Å². The maximum atomic E-state index is 11.2. The molecule has 0 fully saturated rings. The maximum Gasteiger partial charge on any atom is 0.238 e. The van der Waals surface area contributed by atoms with Gasteiger partial charge in [-0.2, -0.15) is 4.57 Å². The fourth-order valence-electron chi connectivity index (χ4n) is 1.58. The molecule has 0 spiro atoms. The van der Waals surface area contributed by atoms with Crippen LogP contribution in [0.2, 0.25) is 0 Å². The van der Waals surface area contributed by atoms with Gasteiger partial charge in [-0.05, 0) is 12.1 Å². The zero-order valence-electron chi connectivity index (χ0n) is 8.96. The molecule has 0 aliphatic carbocycles. The van der Waals surface area contributed by atoms with Gasteiger partial charge < -0.3 is 17.0 Å². The number of pyridine rings is 1. The topological polar surface area (TPSA) is 20.9 Å². The van der Waals surface area contributed by atoms with Gasteiger partial charge in [0.05, 0.1) is 0 Å². The Hall–Kier alpha value is -1.00. The average molecular weight is 357 g/mol.